The number of carbonyl (C=O) groups excluding carboxylic acids is 2. The summed E-state index contributed by atoms with van der Waals surface area (Å²) in [5, 5.41) is 0. The Balaban J connectivity index is -0.0000000477. The third-order valence-electron chi connectivity index (χ3n) is 3.77. The van der Waals surface area contributed by atoms with E-state index < -0.39 is 0 Å². The van der Waals surface area contributed by atoms with Crippen molar-refractivity contribution in [3.8, 4) is 0 Å². The van der Waals surface area contributed by atoms with Crippen LogP contribution in [0.3, 0.4) is 0 Å². The van der Waals surface area contributed by atoms with Crippen molar-refractivity contribution in [1.29, 1.82) is 0 Å². The van der Waals surface area contributed by atoms with E-state index in [-0.39, 0.29) is 101 Å². The second-order valence-electron chi connectivity index (χ2n) is 7.79. The second-order valence-corrected chi connectivity index (χ2v) is 7.79. The van der Waals surface area contributed by atoms with Crippen molar-refractivity contribution in [2.75, 3.05) is 0 Å². The third-order valence-corrected chi connectivity index (χ3v) is 3.77. The van der Waals surface area contributed by atoms with Crippen LogP contribution < -0.4 is 0 Å². The molecule has 0 aromatic carbocycles. The van der Waals surface area contributed by atoms with Crippen LogP contribution in [0.4, 0.5) is 0 Å². The van der Waals surface area contributed by atoms with E-state index >= 15 is 0 Å². The number of rotatable bonds is 9. The monoisotopic (exact) mass is 555 g/mol. The average molecular weight is 555 g/mol. The Hall–Kier alpha value is 0.393. The van der Waals surface area contributed by atoms with Gasteiger partial charge in [0.1, 0.15) is 12.2 Å². The number of ether oxygens (including phenoxy) is 2. The molecule has 0 saturated carbocycles. The topological polar surface area (TPSA) is 86.1 Å². The molecule has 0 bridgehead atoms. The van der Waals surface area contributed by atoms with E-state index in [2.05, 4.69) is 34.3 Å². The molecule has 0 rings (SSSR count). The summed E-state index contributed by atoms with van der Waals surface area (Å²) in [5.74, 6) is 1.13. The van der Waals surface area contributed by atoms with Crippen molar-refractivity contribution < 1.29 is 74.7 Å². The van der Waals surface area contributed by atoms with Crippen molar-refractivity contribution in [3.63, 3.8) is 0 Å². The molecule has 0 aromatic heterocycles. The van der Waals surface area contributed by atoms with Gasteiger partial charge in [-0.3, -0.25) is 4.79 Å². The van der Waals surface area contributed by atoms with Crippen LogP contribution in [0.1, 0.15) is 75.2 Å². The smallest absolute Gasteiger partial charge is 0.330 e. The molecule has 0 spiro atoms. The summed E-state index contributed by atoms with van der Waals surface area (Å²) >= 11 is 0. The molecule has 0 aliphatic rings. The predicted molar refractivity (Wildman–Crippen MR) is 122 cm³/mol. The van der Waals surface area contributed by atoms with Gasteiger partial charge in [0.15, 0.2) is 0 Å². The molecule has 0 fully saturated rings. The zero-order valence-corrected chi connectivity index (χ0v) is 25.9. The Morgan fingerprint density at radius 1 is 0.742 bits per heavy atom. The largest absolute Gasteiger partial charge is 0.693 e. The molecule has 8 heteroatoms. The zero-order valence-electron chi connectivity index (χ0n) is 21.7. The normalized spacial score (nSPS) is 9.00. The summed E-state index contributed by atoms with van der Waals surface area (Å²) in [6.07, 6.45) is 2.67. The molecule has 0 atom stereocenters. The Kier molecular flexibility index (Phi) is 52.0. The summed E-state index contributed by atoms with van der Waals surface area (Å²) in [5.41, 5.74) is 0. The molecule has 31 heavy (non-hydrogen) atoms. The minimum Gasteiger partial charge on any atom is -0.693 e. The van der Waals surface area contributed by atoms with E-state index in [1.54, 1.807) is 0 Å². The van der Waals surface area contributed by atoms with Crippen LogP contribution in [0, 0.1) is 38.5 Å². The van der Waals surface area contributed by atoms with Crippen molar-refractivity contribution in [2.24, 2.45) is 23.7 Å². The van der Waals surface area contributed by atoms with Gasteiger partial charge in [0.25, 0.3) is 0 Å². The molecule has 0 aliphatic heterocycles. The van der Waals surface area contributed by atoms with Gasteiger partial charge in [-0.25, -0.2) is 4.79 Å². The first-order chi connectivity index (χ1) is 11.5. The molecule has 0 unspecified atom stereocenters. The maximum absolute atomic E-state index is 11.2. The van der Waals surface area contributed by atoms with Crippen LogP contribution in [0.25, 0.3) is 6.15 Å². The standard InChI is InChI=1S/C11H22O2.C10H18O2.2CH3.H2N.3V/c1-6-7-10(12)13-11(8(2)3)9(4)5;1-6-9(11)12-10(7(2)3)8(4)5;;;;;;/h8-9,11H,6-7H2,1-5H3;6-8,10H,1H2,2-5H3;2*1H3;1H2;;;/q;;3*-1;;;. The minimum atomic E-state index is -0.331. The molecule has 0 aliphatic carbocycles. The van der Waals surface area contributed by atoms with Crippen molar-refractivity contribution >= 4 is 11.9 Å². The molecule has 3 radical (unpaired) electrons. The first kappa shape index (κ1) is 53.0. The molecule has 5 nitrogen and oxygen atoms in total. The van der Waals surface area contributed by atoms with E-state index in [0.29, 0.717) is 30.1 Å². The molecular formula is C23H48NO4V3-3. The number of esters is 2. The maximum atomic E-state index is 11.2. The number of hydrogen-bond donors (Lipinski definition) is 0. The number of hydrogen-bond acceptors (Lipinski definition) is 4. The summed E-state index contributed by atoms with van der Waals surface area (Å²) in [6, 6.07) is 0. The van der Waals surface area contributed by atoms with Gasteiger partial charge in [0.05, 0.1) is 0 Å². The van der Waals surface area contributed by atoms with Gasteiger partial charge in [-0.2, -0.15) is 0 Å². The first-order valence-corrected chi connectivity index (χ1v) is 9.50. The predicted octanol–water partition coefficient (Wildman–Crippen LogP) is 7.02. The van der Waals surface area contributed by atoms with Crippen LogP contribution in [0.5, 0.6) is 0 Å². The van der Waals surface area contributed by atoms with Crippen LogP contribution in [0.2, 0.25) is 0 Å². The summed E-state index contributed by atoms with van der Waals surface area (Å²) in [4.78, 5) is 22.1. The van der Waals surface area contributed by atoms with Crippen molar-refractivity contribution in [1.82, 2.24) is 0 Å². The SMILES string of the molecule is C=CC(=O)OC(C(C)C)C(C)C.CCCC(=O)OC(C(C)C)C(C)C.[CH3-].[CH3-].[NH2-].[V].[V].[V]. The van der Waals surface area contributed by atoms with Gasteiger partial charge in [0, 0.05) is 68.2 Å². The summed E-state index contributed by atoms with van der Waals surface area (Å²) < 4.78 is 10.5. The third kappa shape index (κ3) is 28.4. The van der Waals surface area contributed by atoms with Gasteiger partial charge >= 0.3 is 11.9 Å². The molecule has 187 valence electrons. The van der Waals surface area contributed by atoms with Gasteiger partial charge in [-0.1, -0.05) is 68.9 Å². The molecule has 0 aromatic rings. The van der Waals surface area contributed by atoms with Gasteiger partial charge < -0.3 is 30.5 Å². The van der Waals surface area contributed by atoms with E-state index in [0.717, 1.165) is 6.42 Å². The quantitative estimate of drug-likeness (QED) is 0.174. The Morgan fingerprint density at radius 2 is 1.03 bits per heavy atom. The van der Waals surface area contributed by atoms with Crippen LogP contribution >= 0.6 is 0 Å². The van der Waals surface area contributed by atoms with Crippen molar-refractivity contribution in [2.45, 2.75) is 87.4 Å². The van der Waals surface area contributed by atoms with Gasteiger partial charge in [-0.05, 0) is 30.1 Å². The molecule has 2 N–H and O–H groups in total. The van der Waals surface area contributed by atoms with E-state index in [1.165, 1.54) is 6.08 Å². The molecule has 0 saturated heterocycles. The first-order valence-electron chi connectivity index (χ1n) is 9.50. The Bertz CT molecular complexity index is 388. The zero-order chi connectivity index (χ0) is 20.2. The fraction of sp³-hybridized carbons (Fsp3) is 0.739. The average Bonchev–Trinajstić information content (AvgIpc) is 2.49. The van der Waals surface area contributed by atoms with E-state index in [9.17, 15) is 9.59 Å². The van der Waals surface area contributed by atoms with Crippen molar-refractivity contribution in [3.05, 3.63) is 33.7 Å². The van der Waals surface area contributed by atoms with Crippen LogP contribution in [-0.4, -0.2) is 24.1 Å². The Morgan fingerprint density at radius 3 is 1.26 bits per heavy atom. The van der Waals surface area contributed by atoms with Crippen LogP contribution in [0.15, 0.2) is 12.7 Å². The van der Waals surface area contributed by atoms with Gasteiger partial charge in [0.2, 0.25) is 0 Å². The summed E-state index contributed by atoms with van der Waals surface area (Å²) in [6.45, 7) is 21.9. The number of carbonyl (C=O) groups is 2. The van der Waals surface area contributed by atoms with E-state index in [1.807, 2.05) is 34.6 Å². The fourth-order valence-corrected chi connectivity index (χ4v) is 2.68. The summed E-state index contributed by atoms with van der Waals surface area (Å²) in [7, 11) is 0. The fourth-order valence-electron chi connectivity index (χ4n) is 2.68. The van der Waals surface area contributed by atoms with E-state index in [4.69, 9.17) is 9.47 Å². The second kappa shape index (κ2) is 30.4. The number of nitrogens with two attached hydrogens (primary N) is 1. The maximum Gasteiger partial charge on any atom is 0.330 e. The molecule has 0 heterocycles. The minimum absolute atomic E-state index is 0. The van der Waals surface area contributed by atoms with Crippen LogP contribution in [-0.2, 0) is 74.7 Å². The molecular weight excluding hydrogens is 507 g/mol. The Labute approximate surface area is 230 Å². The molecule has 0 amide bonds. The van der Waals surface area contributed by atoms with Gasteiger partial charge in [-0.15, -0.1) is 0 Å².